The van der Waals surface area contributed by atoms with Gasteiger partial charge in [0.2, 0.25) is 0 Å². The van der Waals surface area contributed by atoms with E-state index in [-0.39, 0.29) is 5.54 Å². The molecule has 2 aliphatic rings. The minimum atomic E-state index is 0.208. The van der Waals surface area contributed by atoms with Crippen LogP contribution in [0.15, 0.2) is 0 Å². The third-order valence-electron chi connectivity index (χ3n) is 4.77. The van der Waals surface area contributed by atoms with E-state index in [1.54, 1.807) is 0 Å². The molecule has 0 aromatic carbocycles. The highest BCUT2D eigenvalue weighted by atomic mass is 15.1. The molecule has 0 radical (unpaired) electrons. The van der Waals surface area contributed by atoms with Crippen LogP contribution in [-0.2, 0) is 0 Å². The van der Waals surface area contributed by atoms with Gasteiger partial charge >= 0.3 is 0 Å². The van der Waals surface area contributed by atoms with Crippen LogP contribution < -0.4 is 5.73 Å². The van der Waals surface area contributed by atoms with E-state index in [2.05, 4.69) is 25.7 Å². The summed E-state index contributed by atoms with van der Waals surface area (Å²) in [4.78, 5) is 2.63. The summed E-state index contributed by atoms with van der Waals surface area (Å²) in [6, 6.07) is 0. The van der Waals surface area contributed by atoms with Crippen LogP contribution in [0.25, 0.3) is 0 Å². The first kappa shape index (κ1) is 12.4. The summed E-state index contributed by atoms with van der Waals surface area (Å²) < 4.78 is 0. The Balaban J connectivity index is 1.73. The normalized spacial score (nSPS) is 30.4. The molecule has 1 saturated carbocycles. The third-order valence-corrected chi connectivity index (χ3v) is 4.77. The first-order valence-electron chi connectivity index (χ1n) is 6.90. The molecule has 0 amide bonds. The molecule has 1 heterocycles. The van der Waals surface area contributed by atoms with Gasteiger partial charge < -0.3 is 10.6 Å². The van der Waals surface area contributed by atoms with Crippen molar-refractivity contribution in [1.82, 2.24) is 4.90 Å². The fraction of sp³-hybridized carbons (Fsp3) is 1.00. The molecule has 2 N–H and O–H groups in total. The Labute approximate surface area is 101 Å². The van der Waals surface area contributed by atoms with E-state index >= 15 is 0 Å². The lowest BCUT2D eigenvalue weighted by Gasteiger charge is -2.39. The molecule has 2 nitrogen and oxygen atoms in total. The van der Waals surface area contributed by atoms with Crippen molar-refractivity contribution >= 4 is 0 Å². The highest BCUT2D eigenvalue weighted by Gasteiger charge is 2.35. The van der Waals surface area contributed by atoms with E-state index in [9.17, 15) is 0 Å². The second-order valence-corrected chi connectivity index (χ2v) is 7.12. The topological polar surface area (TPSA) is 29.3 Å². The van der Waals surface area contributed by atoms with Crippen LogP contribution in [0.4, 0.5) is 0 Å². The molecular formula is C14H28N2. The zero-order chi connectivity index (χ0) is 11.8. The molecule has 0 aromatic rings. The minimum Gasteiger partial charge on any atom is -0.325 e. The van der Waals surface area contributed by atoms with E-state index in [0.717, 1.165) is 5.92 Å². The molecule has 2 rings (SSSR count). The number of nitrogens with zero attached hydrogens (tertiary/aromatic N) is 1. The van der Waals surface area contributed by atoms with Crippen LogP contribution in [0.3, 0.4) is 0 Å². The van der Waals surface area contributed by atoms with Crippen LogP contribution in [0.5, 0.6) is 0 Å². The average molecular weight is 224 g/mol. The van der Waals surface area contributed by atoms with Crippen molar-refractivity contribution in [2.45, 2.75) is 58.4 Å². The standard InChI is InChI=1S/C14H28N2/c1-13(2,3)12-5-9-16(11-12)10-8-14(15)6-4-7-14/h12H,4-11,15H2,1-3H3. The monoisotopic (exact) mass is 224 g/mol. The van der Waals surface area contributed by atoms with Gasteiger partial charge in [0.05, 0.1) is 0 Å². The van der Waals surface area contributed by atoms with Crippen LogP contribution >= 0.6 is 0 Å². The fourth-order valence-corrected chi connectivity index (χ4v) is 3.00. The van der Waals surface area contributed by atoms with Crippen molar-refractivity contribution in [3.63, 3.8) is 0 Å². The number of hydrogen-bond donors (Lipinski definition) is 1. The van der Waals surface area contributed by atoms with Gasteiger partial charge in [-0.25, -0.2) is 0 Å². The van der Waals surface area contributed by atoms with Gasteiger partial charge in [-0.3, -0.25) is 0 Å². The van der Waals surface area contributed by atoms with Crippen molar-refractivity contribution in [2.24, 2.45) is 17.1 Å². The third kappa shape index (κ3) is 2.78. The maximum Gasteiger partial charge on any atom is 0.0166 e. The van der Waals surface area contributed by atoms with Gasteiger partial charge in [-0.05, 0) is 56.5 Å². The van der Waals surface area contributed by atoms with E-state index in [4.69, 9.17) is 5.73 Å². The Kier molecular flexibility index (Phi) is 3.33. The Morgan fingerprint density at radius 3 is 2.44 bits per heavy atom. The quantitative estimate of drug-likeness (QED) is 0.798. The Morgan fingerprint density at radius 1 is 1.31 bits per heavy atom. The zero-order valence-electron chi connectivity index (χ0n) is 11.3. The molecule has 0 bridgehead atoms. The molecule has 1 saturated heterocycles. The molecular weight excluding hydrogens is 196 g/mol. The van der Waals surface area contributed by atoms with Crippen molar-refractivity contribution < 1.29 is 0 Å². The molecule has 0 spiro atoms. The van der Waals surface area contributed by atoms with E-state index in [1.165, 1.54) is 51.7 Å². The molecule has 1 atom stereocenters. The highest BCUT2D eigenvalue weighted by molar-refractivity contribution is 4.94. The first-order chi connectivity index (χ1) is 7.39. The van der Waals surface area contributed by atoms with Crippen LogP contribution in [0.1, 0.15) is 52.9 Å². The average Bonchev–Trinajstić information content (AvgIpc) is 2.59. The van der Waals surface area contributed by atoms with Gasteiger partial charge in [0, 0.05) is 12.1 Å². The summed E-state index contributed by atoms with van der Waals surface area (Å²) in [6.45, 7) is 10.9. The van der Waals surface area contributed by atoms with Crippen LogP contribution in [-0.4, -0.2) is 30.1 Å². The van der Waals surface area contributed by atoms with Crippen molar-refractivity contribution in [1.29, 1.82) is 0 Å². The van der Waals surface area contributed by atoms with Gasteiger partial charge in [-0.1, -0.05) is 20.8 Å². The Hall–Kier alpha value is -0.0800. The number of nitrogens with two attached hydrogens (primary N) is 1. The van der Waals surface area contributed by atoms with Crippen LogP contribution in [0, 0.1) is 11.3 Å². The maximum atomic E-state index is 6.27. The summed E-state index contributed by atoms with van der Waals surface area (Å²) in [6.07, 6.45) is 6.44. The predicted molar refractivity (Wildman–Crippen MR) is 69.4 cm³/mol. The summed E-state index contributed by atoms with van der Waals surface area (Å²) in [5, 5.41) is 0. The van der Waals surface area contributed by atoms with Gasteiger partial charge in [-0.15, -0.1) is 0 Å². The Morgan fingerprint density at radius 2 is 2.00 bits per heavy atom. The number of likely N-dealkylation sites (tertiary alicyclic amines) is 1. The number of rotatable bonds is 3. The molecule has 0 aromatic heterocycles. The zero-order valence-corrected chi connectivity index (χ0v) is 11.3. The molecule has 1 unspecified atom stereocenters. The summed E-state index contributed by atoms with van der Waals surface area (Å²) >= 11 is 0. The van der Waals surface area contributed by atoms with Crippen molar-refractivity contribution in [3.05, 3.63) is 0 Å². The molecule has 2 heteroatoms. The first-order valence-corrected chi connectivity index (χ1v) is 6.90. The SMILES string of the molecule is CC(C)(C)C1CCN(CCC2(N)CCC2)C1. The van der Waals surface area contributed by atoms with Gasteiger partial charge in [0.1, 0.15) is 0 Å². The number of hydrogen-bond acceptors (Lipinski definition) is 2. The Bertz CT molecular complexity index is 238. The molecule has 16 heavy (non-hydrogen) atoms. The molecule has 1 aliphatic carbocycles. The van der Waals surface area contributed by atoms with Crippen LogP contribution in [0.2, 0.25) is 0 Å². The van der Waals surface area contributed by atoms with E-state index in [1.807, 2.05) is 0 Å². The predicted octanol–water partition coefficient (Wildman–Crippen LogP) is 2.63. The second-order valence-electron chi connectivity index (χ2n) is 7.12. The van der Waals surface area contributed by atoms with Gasteiger partial charge in [-0.2, -0.15) is 0 Å². The molecule has 2 fully saturated rings. The molecule has 1 aliphatic heterocycles. The van der Waals surface area contributed by atoms with Gasteiger partial charge in [0.25, 0.3) is 0 Å². The summed E-state index contributed by atoms with van der Waals surface area (Å²) in [5.74, 6) is 0.877. The fourth-order valence-electron chi connectivity index (χ4n) is 3.00. The summed E-state index contributed by atoms with van der Waals surface area (Å²) in [7, 11) is 0. The van der Waals surface area contributed by atoms with Gasteiger partial charge in [0.15, 0.2) is 0 Å². The molecule has 94 valence electrons. The highest BCUT2D eigenvalue weighted by Crippen LogP contribution is 2.35. The lowest BCUT2D eigenvalue weighted by atomic mass is 9.75. The van der Waals surface area contributed by atoms with Crippen molar-refractivity contribution in [3.8, 4) is 0 Å². The lowest BCUT2D eigenvalue weighted by Crippen LogP contribution is -2.48. The van der Waals surface area contributed by atoms with E-state index < -0.39 is 0 Å². The minimum absolute atomic E-state index is 0.208. The largest absolute Gasteiger partial charge is 0.325 e. The lowest BCUT2D eigenvalue weighted by molar-refractivity contribution is 0.182. The smallest absolute Gasteiger partial charge is 0.0166 e. The van der Waals surface area contributed by atoms with E-state index in [0.29, 0.717) is 5.41 Å². The summed E-state index contributed by atoms with van der Waals surface area (Å²) in [5.41, 5.74) is 6.96. The second kappa shape index (κ2) is 4.30. The van der Waals surface area contributed by atoms with Crippen molar-refractivity contribution in [2.75, 3.05) is 19.6 Å². The maximum absolute atomic E-state index is 6.27.